The molecule has 2 fully saturated rings. The average molecular weight is 152 g/mol. The maximum absolute atomic E-state index is 5.72. The molecule has 2 unspecified atom stereocenters. The molecule has 2 aliphatic rings. The molecule has 0 amide bonds. The lowest BCUT2D eigenvalue weighted by Crippen LogP contribution is -2.37. The summed E-state index contributed by atoms with van der Waals surface area (Å²) >= 11 is 0. The van der Waals surface area contributed by atoms with Crippen LogP contribution in [-0.2, 0) is 9.47 Å². The molecule has 0 spiro atoms. The largest absolute Gasteiger partial charge is 0.376 e. The predicted molar refractivity (Wildman–Crippen MR) is 42.6 cm³/mol. The van der Waals surface area contributed by atoms with Crippen LogP contribution in [0.15, 0.2) is 0 Å². The summed E-state index contributed by atoms with van der Waals surface area (Å²) in [7, 11) is 5.72. The summed E-state index contributed by atoms with van der Waals surface area (Å²) in [5.74, 6) is 0.461. The van der Waals surface area contributed by atoms with Crippen LogP contribution in [0.4, 0.5) is 0 Å². The smallest absolute Gasteiger partial charge is 0.112 e. The molecule has 2 heterocycles. The van der Waals surface area contributed by atoms with Crippen molar-refractivity contribution in [1.82, 2.24) is 0 Å². The third-order valence-electron chi connectivity index (χ3n) is 3.14. The molecule has 11 heavy (non-hydrogen) atoms. The number of hydrogen-bond acceptors (Lipinski definition) is 2. The topological polar surface area (TPSA) is 18.5 Å². The maximum atomic E-state index is 5.72. The molecule has 2 saturated heterocycles. The number of hydrogen-bond donors (Lipinski definition) is 0. The van der Waals surface area contributed by atoms with Crippen LogP contribution >= 0.6 is 0 Å². The van der Waals surface area contributed by atoms with Crippen molar-refractivity contribution in [1.29, 1.82) is 0 Å². The van der Waals surface area contributed by atoms with Crippen molar-refractivity contribution in [3.8, 4) is 0 Å². The molecule has 2 nitrogen and oxygen atoms in total. The molecule has 0 aromatic carbocycles. The Bertz CT molecular complexity index is 173. The van der Waals surface area contributed by atoms with Crippen LogP contribution in [0.25, 0.3) is 0 Å². The Labute approximate surface area is 68.7 Å². The van der Waals surface area contributed by atoms with Gasteiger partial charge in [-0.3, -0.25) is 0 Å². The monoisotopic (exact) mass is 152 g/mol. The van der Waals surface area contributed by atoms with Crippen molar-refractivity contribution in [2.75, 3.05) is 6.61 Å². The highest BCUT2D eigenvalue weighted by Crippen LogP contribution is 2.45. The molecule has 2 radical (unpaired) electrons. The number of rotatable bonds is 1. The lowest BCUT2D eigenvalue weighted by molar-refractivity contribution is -0.115. The fourth-order valence-electron chi connectivity index (χ4n) is 2.18. The van der Waals surface area contributed by atoms with Crippen LogP contribution in [0.1, 0.15) is 20.3 Å². The summed E-state index contributed by atoms with van der Waals surface area (Å²) in [5.41, 5.74) is -0.0654. The zero-order valence-corrected chi connectivity index (χ0v) is 7.04. The van der Waals surface area contributed by atoms with Crippen LogP contribution in [0, 0.1) is 5.92 Å². The fraction of sp³-hybridized carbons (Fsp3) is 1.00. The molecule has 0 aromatic heterocycles. The lowest BCUT2D eigenvalue weighted by Gasteiger charge is -2.29. The van der Waals surface area contributed by atoms with Crippen LogP contribution in [0.3, 0.4) is 0 Å². The molecule has 60 valence electrons. The maximum Gasteiger partial charge on any atom is 0.112 e. The minimum atomic E-state index is -0.196. The van der Waals surface area contributed by atoms with Crippen LogP contribution in [0.5, 0.6) is 0 Å². The molecule has 2 aliphatic heterocycles. The highest BCUT2D eigenvalue weighted by molar-refractivity contribution is 6.11. The molecule has 0 aromatic rings. The van der Waals surface area contributed by atoms with Gasteiger partial charge in [0.15, 0.2) is 0 Å². The van der Waals surface area contributed by atoms with E-state index in [4.69, 9.17) is 17.3 Å². The summed E-state index contributed by atoms with van der Waals surface area (Å²) in [5, 5.41) is 0. The van der Waals surface area contributed by atoms with Crippen LogP contribution < -0.4 is 0 Å². The first-order valence-corrected chi connectivity index (χ1v) is 4.24. The van der Waals surface area contributed by atoms with Crippen LogP contribution in [-0.4, -0.2) is 32.2 Å². The Kier molecular flexibility index (Phi) is 1.55. The Morgan fingerprint density at radius 2 is 2.36 bits per heavy atom. The van der Waals surface area contributed by atoms with Crippen molar-refractivity contribution < 1.29 is 9.47 Å². The van der Waals surface area contributed by atoms with E-state index in [1.807, 2.05) is 0 Å². The van der Waals surface area contributed by atoms with E-state index >= 15 is 0 Å². The van der Waals surface area contributed by atoms with Gasteiger partial charge in [0.1, 0.15) is 7.85 Å². The second-order valence-corrected chi connectivity index (χ2v) is 3.57. The van der Waals surface area contributed by atoms with Gasteiger partial charge in [-0.25, -0.2) is 0 Å². The van der Waals surface area contributed by atoms with E-state index in [0.717, 1.165) is 13.0 Å². The normalized spacial score (nSPS) is 55.3. The zero-order valence-electron chi connectivity index (χ0n) is 7.04. The Balaban J connectivity index is 2.24. The summed E-state index contributed by atoms with van der Waals surface area (Å²) in [4.78, 5) is 0. The second-order valence-electron chi connectivity index (χ2n) is 3.57. The minimum absolute atomic E-state index is 0.0654. The quantitative estimate of drug-likeness (QED) is 0.514. The van der Waals surface area contributed by atoms with Crippen molar-refractivity contribution in [2.45, 2.75) is 38.0 Å². The van der Waals surface area contributed by atoms with E-state index in [1.54, 1.807) is 0 Å². The van der Waals surface area contributed by atoms with E-state index in [9.17, 15) is 0 Å². The van der Waals surface area contributed by atoms with Gasteiger partial charge in [-0.1, -0.05) is 13.8 Å². The molecule has 2 rings (SSSR count). The van der Waals surface area contributed by atoms with Gasteiger partial charge < -0.3 is 9.47 Å². The van der Waals surface area contributed by atoms with Gasteiger partial charge in [0.05, 0.1) is 18.3 Å². The van der Waals surface area contributed by atoms with E-state index in [1.165, 1.54) is 0 Å². The van der Waals surface area contributed by atoms with Gasteiger partial charge >= 0.3 is 0 Å². The molecule has 0 N–H and O–H groups in total. The summed E-state index contributed by atoms with van der Waals surface area (Å²) in [6.07, 6.45) is 1.13. The Morgan fingerprint density at radius 1 is 1.64 bits per heavy atom. The van der Waals surface area contributed by atoms with Gasteiger partial charge in [0.2, 0.25) is 0 Å². The standard InChI is InChI=1S/C8H13BO2/c1-3-8-4-10-6(5(8)2)7(9)11-8/h5-7H,3-4H2,1-2H3/t5?,6?,7-,8-/m1/s1. The minimum Gasteiger partial charge on any atom is -0.376 e. The predicted octanol–water partition coefficient (Wildman–Crippen LogP) is 0.695. The van der Waals surface area contributed by atoms with Crippen molar-refractivity contribution in [2.24, 2.45) is 5.92 Å². The van der Waals surface area contributed by atoms with Crippen LogP contribution in [0.2, 0.25) is 0 Å². The SMILES string of the molecule is [B][C@@H]1O[C@]2(CC)COC1C2C. The summed E-state index contributed by atoms with van der Waals surface area (Å²) < 4.78 is 11.2. The average Bonchev–Trinajstić information content (AvgIpc) is 2.42. The van der Waals surface area contributed by atoms with E-state index < -0.39 is 0 Å². The first kappa shape index (κ1) is 7.62. The van der Waals surface area contributed by atoms with Gasteiger partial charge in [0, 0.05) is 11.9 Å². The third-order valence-corrected chi connectivity index (χ3v) is 3.14. The molecule has 0 saturated carbocycles. The highest BCUT2D eigenvalue weighted by Gasteiger charge is 2.55. The number of ether oxygens (including phenoxy) is 2. The summed E-state index contributed by atoms with van der Waals surface area (Å²) in [6.45, 7) is 5.01. The fourth-order valence-corrected chi connectivity index (χ4v) is 2.18. The van der Waals surface area contributed by atoms with Gasteiger partial charge in [-0.15, -0.1) is 0 Å². The first-order valence-electron chi connectivity index (χ1n) is 4.24. The first-order chi connectivity index (χ1) is 5.19. The lowest BCUT2D eigenvalue weighted by atomic mass is 9.85. The Hall–Kier alpha value is -0.0151. The Morgan fingerprint density at radius 3 is 2.64 bits per heavy atom. The molecular formula is C8H13BO2. The van der Waals surface area contributed by atoms with E-state index in [2.05, 4.69) is 13.8 Å². The third kappa shape index (κ3) is 0.813. The molecular weight excluding hydrogens is 139 g/mol. The second kappa shape index (κ2) is 2.24. The van der Waals surface area contributed by atoms with E-state index in [-0.39, 0.29) is 17.7 Å². The van der Waals surface area contributed by atoms with Gasteiger partial charge in [-0.05, 0) is 6.42 Å². The number of fused-ring (bicyclic) bond motifs is 2. The van der Waals surface area contributed by atoms with Gasteiger partial charge in [-0.2, -0.15) is 0 Å². The van der Waals surface area contributed by atoms with Crippen molar-refractivity contribution >= 4 is 7.85 Å². The molecule has 0 aliphatic carbocycles. The van der Waals surface area contributed by atoms with E-state index in [0.29, 0.717) is 5.92 Å². The zero-order chi connectivity index (χ0) is 8.06. The molecule has 4 atom stereocenters. The molecule has 2 bridgehead atoms. The highest BCUT2D eigenvalue weighted by atomic mass is 16.6. The van der Waals surface area contributed by atoms with Crippen molar-refractivity contribution in [3.05, 3.63) is 0 Å². The van der Waals surface area contributed by atoms with Gasteiger partial charge in [0.25, 0.3) is 0 Å². The summed E-state index contributed by atoms with van der Waals surface area (Å²) in [6, 6.07) is -0.196. The van der Waals surface area contributed by atoms with Crippen molar-refractivity contribution in [3.63, 3.8) is 0 Å². The molecule has 3 heteroatoms.